The summed E-state index contributed by atoms with van der Waals surface area (Å²) < 4.78 is 0. The molecule has 0 aliphatic heterocycles. The molecule has 170 valence electrons. The van der Waals surface area contributed by atoms with E-state index in [9.17, 15) is 14.7 Å². The molecular weight excluding hydrogens is 398 g/mol. The van der Waals surface area contributed by atoms with Crippen LogP contribution in [0, 0.1) is 17.3 Å². The molecule has 5 rings (SSSR count). The standard InChI is InChI=1S/C28H35NO3/c1-17(30)28(32)14-13-25-23-11-7-19-15-21(31)10-12-22(19)26(23)24(16-27(25,28)2)18-5-8-20(9-6-18)29(3)4/h5-6,8-9,15,23-25,32H,7,10-14,16H2,1-4H3/t23?,24?,25?,27-,28-/m0/s1. The number of aliphatic hydroxyl groups is 1. The van der Waals surface area contributed by atoms with Gasteiger partial charge in [-0.3, -0.25) is 9.59 Å². The molecule has 0 saturated heterocycles. The average molecular weight is 434 g/mol. The van der Waals surface area contributed by atoms with Gasteiger partial charge < -0.3 is 10.0 Å². The van der Waals surface area contributed by atoms with Gasteiger partial charge in [0.1, 0.15) is 5.60 Å². The quantitative estimate of drug-likeness (QED) is 0.731. The van der Waals surface area contributed by atoms with E-state index in [4.69, 9.17) is 0 Å². The number of carbonyl (C=O) groups is 2. The minimum absolute atomic E-state index is 0.0834. The summed E-state index contributed by atoms with van der Waals surface area (Å²) in [5.41, 5.74) is 4.91. The molecule has 1 aromatic carbocycles. The van der Waals surface area contributed by atoms with E-state index in [2.05, 4.69) is 36.1 Å². The lowest BCUT2D eigenvalue weighted by atomic mass is 9.51. The van der Waals surface area contributed by atoms with Gasteiger partial charge in [-0.25, -0.2) is 0 Å². The summed E-state index contributed by atoms with van der Waals surface area (Å²) in [6, 6.07) is 8.78. The van der Waals surface area contributed by atoms with Crippen molar-refractivity contribution in [1.82, 2.24) is 0 Å². The van der Waals surface area contributed by atoms with Gasteiger partial charge in [0.15, 0.2) is 11.6 Å². The maximum Gasteiger partial charge on any atom is 0.161 e. The molecule has 4 nitrogen and oxygen atoms in total. The summed E-state index contributed by atoms with van der Waals surface area (Å²) in [7, 11) is 4.09. The molecule has 0 amide bonds. The number of nitrogens with zero attached hydrogens (tertiary/aromatic N) is 1. The highest BCUT2D eigenvalue weighted by Crippen LogP contribution is 2.66. The third-order valence-corrected chi connectivity index (χ3v) is 9.28. The van der Waals surface area contributed by atoms with Crippen LogP contribution in [0.2, 0.25) is 0 Å². The van der Waals surface area contributed by atoms with Crippen molar-refractivity contribution in [2.75, 3.05) is 19.0 Å². The van der Waals surface area contributed by atoms with Crippen molar-refractivity contribution in [3.05, 3.63) is 52.6 Å². The molecule has 1 N–H and O–H groups in total. The van der Waals surface area contributed by atoms with Crippen LogP contribution in [0.5, 0.6) is 0 Å². The number of fused-ring (bicyclic) bond motifs is 4. The number of Topliss-reactive ketones (excluding diaryl/α,β-unsaturated/α-hetero) is 1. The Morgan fingerprint density at radius 3 is 2.47 bits per heavy atom. The van der Waals surface area contributed by atoms with E-state index in [0.29, 0.717) is 24.7 Å². The normalized spacial score (nSPS) is 36.2. The molecule has 4 aliphatic rings. The van der Waals surface area contributed by atoms with E-state index in [1.165, 1.54) is 22.3 Å². The Balaban J connectivity index is 1.67. The minimum Gasteiger partial charge on any atom is -0.382 e. The molecule has 5 atom stereocenters. The van der Waals surface area contributed by atoms with Gasteiger partial charge in [-0.1, -0.05) is 24.6 Å². The van der Waals surface area contributed by atoms with Gasteiger partial charge in [-0.05, 0) is 92.2 Å². The zero-order valence-electron chi connectivity index (χ0n) is 19.8. The molecule has 0 aromatic heterocycles. The lowest BCUT2D eigenvalue weighted by Crippen LogP contribution is -2.55. The van der Waals surface area contributed by atoms with Gasteiger partial charge in [-0.2, -0.15) is 0 Å². The first-order chi connectivity index (χ1) is 15.2. The number of anilines is 1. The zero-order chi connectivity index (χ0) is 22.8. The Morgan fingerprint density at radius 1 is 1.09 bits per heavy atom. The highest BCUT2D eigenvalue weighted by atomic mass is 16.3. The van der Waals surface area contributed by atoms with Crippen molar-refractivity contribution < 1.29 is 14.7 Å². The molecular formula is C28H35NO3. The van der Waals surface area contributed by atoms with Crippen LogP contribution in [-0.4, -0.2) is 36.4 Å². The van der Waals surface area contributed by atoms with Crippen LogP contribution < -0.4 is 4.90 Å². The van der Waals surface area contributed by atoms with Crippen molar-refractivity contribution >= 4 is 17.3 Å². The van der Waals surface area contributed by atoms with Gasteiger partial charge >= 0.3 is 0 Å². The Kier molecular flexibility index (Phi) is 5.01. The van der Waals surface area contributed by atoms with Crippen molar-refractivity contribution in [1.29, 1.82) is 0 Å². The second-order valence-corrected chi connectivity index (χ2v) is 10.9. The summed E-state index contributed by atoms with van der Waals surface area (Å²) >= 11 is 0. The topological polar surface area (TPSA) is 57.6 Å². The van der Waals surface area contributed by atoms with Gasteiger partial charge in [0.25, 0.3) is 0 Å². The zero-order valence-corrected chi connectivity index (χ0v) is 19.8. The van der Waals surface area contributed by atoms with Crippen molar-refractivity contribution in [2.24, 2.45) is 17.3 Å². The number of rotatable bonds is 3. The number of allylic oxidation sites excluding steroid dienone is 4. The van der Waals surface area contributed by atoms with Crippen LogP contribution in [0.1, 0.15) is 70.3 Å². The van der Waals surface area contributed by atoms with Crippen LogP contribution in [-0.2, 0) is 9.59 Å². The molecule has 32 heavy (non-hydrogen) atoms. The van der Waals surface area contributed by atoms with E-state index < -0.39 is 11.0 Å². The fourth-order valence-corrected chi connectivity index (χ4v) is 7.55. The van der Waals surface area contributed by atoms with Crippen LogP contribution in [0.15, 0.2) is 47.1 Å². The van der Waals surface area contributed by atoms with E-state index in [1.807, 2.05) is 20.2 Å². The maximum atomic E-state index is 12.7. The molecule has 2 saturated carbocycles. The molecule has 4 aliphatic carbocycles. The Labute approximate surface area is 191 Å². The van der Waals surface area contributed by atoms with Gasteiger partial charge in [-0.15, -0.1) is 0 Å². The largest absolute Gasteiger partial charge is 0.382 e. The van der Waals surface area contributed by atoms with Crippen molar-refractivity contribution in [3.63, 3.8) is 0 Å². The van der Waals surface area contributed by atoms with Crippen molar-refractivity contribution in [2.45, 2.75) is 70.3 Å². The second-order valence-electron chi connectivity index (χ2n) is 10.9. The summed E-state index contributed by atoms with van der Waals surface area (Å²) in [4.78, 5) is 27.0. The van der Waals surface area contributed by atoms with Crippen LogP contribution in [0.3, 0.4) is 0 Å². The predicted molar refractivity (Wildman–Crippen MR) is 127 cm³/mol. The second kappa shape index (κ2) is 7.41. The number of carbonyl (C=O) groups excluding carboxylic acids is 2. The fraction of sp³-hybridized carbons (Fsp3) is 0.571. The van der Waals surface area contributed by atoms with Crippen LogP contribution >= 0.6 is 0 Å². The third kappa shape index (κ3) is 2.98. The third-order valence-electron chi connectivity index (χ3n) is 9.28. The van der Waals surface area contributed by atoms with Gasteiger partial charge in [0, 0.05) is 37.5 Å². The summed E-state index contributed by atoms with van der Waals surface area (Å²) in [5.74, 6) is 1.03. The lowest BCUT2D eigenvalue weighted by molar-refractivity contribution is -0.152. The minimum atomic E-state index is -1.24. The Bertz CT molecular complexity index is 1030. The first kappa shape index (κ1) is 21.6. The number of benzene rings is 1. The maximum absolute atomic E-state index is 12.7. The molecule has 3 unspecified atom stereocenters. The molecule has 4 heteroatoms. The van der Waals surface area contributed by atoms with E-state index >= 15 is 0 Å². The number of hydrogen-bond donors (Lipinski definition) is 1. The van der Waals surface area contributed by atoms with Gasteiger partial charge in [0.05, 0.1) is 0 Å². The molecule has 0 spiro atoms. The number of hydrogen-bond acceptors (Lipinski definition) is 4. The molecule has 0 heterocycles. The fourth-order valence-electron chi connectivity index (χ4n) is 7.55. The first-order valence-electron chi connectivity index (χ1n) is 12.1. The lowest BCUT2D eigenvalue weighted by Gasteiger charge is -2.54. The number of ketones is 2. The first-order valence-corrected chi connectivity index (χ1v) is 12.1. The Hall–Kier alpha value is -2.20. The highest BCUT2D eigenvalue weighted by molar-refractivity contribution is 5.93. The molecule has 2 fully saturated rings. The molecule has 0 radical (unpaired) electrons. The predicted octanol–water partition coefficient (Wildman–Crippen LogP) is 4.97. The smallest absolute Gasteiger partial charge is 0.161 e. The summed E-state index contributed by atoms with van der Waals surface area (Å²) in [6.45, 7) is 3.74. The Morgan fingerprint density at radius 2 is 1.81 bits per heavy atom. The molecule has 0 bridgehead atoms. The highest BCUT2D eigenvalue weighted by Gasteiger charge is 2.64. The van der Waals surface area contributed by atoms with E-state index in [1.54, 1.807) is 6.92 Å². The van der Waals surface area contributed by atoms with Crippen LogP contribution in [0.4, 0.5) is 5.69 Å². The van der Waals surface area contributed by atoms with Crippen LogP contribution in [0.25, 0.3) is 0 Å². The van der Waals surface area contributed by atoms with E-state index in [-0.39, 0.29) is 17.5 Å². The van der Waals surface area contributed by atoms with E-state index in [0.717, 1.165) is 37.8 Å². The SMILES string of the molecule is CC(=O)[C@@]1(O)CCC2C3CCC4=CC(=O)CCC4=C3C(c3ccc(N(C)C)cc3)C[C@@]21C. The van der Waals surface area contributed by atoms with Gasteiger partial charge in [0.2, 0.25) is 0 Å². The molecule has 1 aromatic rings. The average Bonchev–Trinajstić information content (AvgIpc) is 3.04. The van der Waals surface area contributed by atoms with Crippen molar-refractivity contribution in [3.8, 4) is 0 Å². The summed E-state index contributed by atoms with van der Waals surface area (Å²) in [5, 5.41) is 11.6. The monoisotopic (exact) mass is 433 g/mol. The summed E-state index contributed by atoms with van der Waals surface area (Å²) in [6.07, 6.45) is 7.53.